The van der Waals surface area contributed by atoms with Crippen LogP contribution in [0.1, 0.15) is 37.8 Å². The first-order valence-corrected chi connectivity index (χ1v) is 10.2. The van der Waals surface area contributed by atoms with Gasteiger partial charge in [-0.25, -0.2) is 9.59 Å². The lowest BCUT2D eigenvalue weighted by atomic mass is 10.1. The fraction of sp³-hybridized carbons (Fsp3) is 0.500. The van der Waals surface area contributed by atoms with Crippen LogP contribution in [0.15, 0.2) is 24.3 Å². The normalized spacial score (nSPS) is 16.1. The van der Waals surface area contributed by atoms with Gasteiger partial charge >= 0.3 is 12.1 Å². The standard InChI is InChI=1S/C13H14ClN3O.C7H14N2O/c14-9-2-1-8-5-11(16-12(8)6-9)7-15-13(18)17-10-3-4-10;1-8-7(10)9-5-3-2-4-6-9/h1-2,5-6,10,16H,3-4,7H2,(H2,15,17,18);2-6H2,1H3,(H,8,10). The van der Waals surface area contributed by atoms with Gasteiger partial charge in [-0.3, -0.25) is 0 Å². The lowest BCUT2D eigenvalue weighted by molar-refractivity contribution is 0.188. The van der Waals surface area contributed by atoms with Crippen molar-refractivity contribution < 1.29 is 9.59 Å². The zero-order valence-electron chi connectivity index (χ0n) is 16.2. The van der Waals surface area contributed by atoms with Gasteiger partial charge in [0.25, 0.3) is 0 Å². The maximum atomic E-state index is 11.5. The maximum Gasteiger partial charge on any atom is 0.317 e. The molecule has 2 aromatic rings. The van der Waals surface area contributed by atoms with E-state index in [9.17, 15) is 9.59 Å². The first-order valence-electron chi connectivity index (χ1n) is 9.83. The molecule has 4 N–H and O–H groups in total. The second-order valence-corrected chi connectivity index (χ2v) is 7.67. The second-order valence-electron chi connectivity index (χ2n) is 7.23. The minimum atomic E-state index is -0.103. The number of urea groups is 2. The smallest absolute Gasteiger partial charge is 0.317 e. The number of likely N-dealkylation sites (tertiary alicyclic amines) is 1. The summed E-state index contributed by atoms with van der Waals surface area (Å²) in [7, 11) is 1.68. The highest BCUT2D eigenvalue weighted by Crippen LogP contribution is 2.20. The van der Waals surface area contributed by atoms with Crippen molar-refractivity contribution in [2.45, 2.75) is 44.7 Å². The highest BCUT2D eigenvalue weighted by Gasteiger charge is 2.22. The molecular weight excluding hydrogens is 378 g/mol. The number of fused-ring (bicyclic) bond motifs is 1. The van der Waals surface area contributed by atoms with E-state index in [-0.39, 0.29) is 12.1 Å². The molecule has 7 nitrogen and oxygen atoms in total. The number of halogens is 1. The molecular formula is C20H28ClN5O2. The van der Waals surface area contributed by atoms with Gasteiger partial charge in [-0.05, 0) is 55.7 Å². The molecule has 2 fully saturated rings. The molecule has 4 rings (SSSR count). The highest BCUT2D eigenvalue weighted by atomic mass is 35.5. The minimum absolute atomic E-state index is 0.0692. The Morgan fingerprint density at radius 3 is 2.61 bits per heavy atom. The van der Waals surface area contributed by atoms with Gasteiger partial charge in [0.15, 0.2) is 0 Å². The van der Waals surface area contributed by atoms with E-state index in [4.69, 9.17) is 11.6 Å². The molecule has 28 heavy (non-hydrogen) atoms. The van der Waals surface area contributed by atoms with Crippen LogP contribution >= 0.6 is 11.6 Å². The molecule has 1 saturated heterocycles. The van der Waals surface area contributed by atoms with Gasteiger partial charge in [-0.1, -0.05) is 17.7 Å². The van der Waals surface area contributed by atoms with Crippen molar-refractivity contribution in [3.63, 3.8) is 0 Å². The quantitative estimate of drug-likeness (QED) is 0.628. The van der Waals surface area contributed by atoms with Crippen molar-refractivity contribution in [1.29, 1.82) is 0 Å². The Hall–Kier alpha value is -2.41. The molecule has 0 spiro atoms. The number of nitrogens with zero attached hydrogens (tertiary/aromatic N) is 1. The monoisotopic (exact) mass is 405 g/mol. The van der Waals surface area contributed by atoms with E-state index in [0.717, 1.165) is 55.4 Å². The molecule has 8 heteroatoms. The molecule has 1 aliphatic carbocycles. The van der Waals surface area contributed by atoms with E-state index in [2.05, 4.69) is 20.9 Å². The third kappa shape index (κ3) is 6.05. The van der Waals surface area contributed by atoms with Crippen LogP contribution in [0.4, 0.5) is 9.59 Å². The Kier molecular flexibility index (Phi) is 7.03. The minimum Gasteiger partial charge on any atom is -0.357 e. The Bertz CT molecular complexity index is 812. The summed E-state index contributed by atoms with van der Waals surface area (Å²) in [4.78, 5) is 27.6. The summed E-state index contributed by atoms with van der Waals surface area (Å²) in [5.74, 6) is 0. The molecule has 1 aliphatic heterocycles. The van der Waals surface area contributed by atoms with Gasteiger partial charge in [0, 0.05) is 42.4 Å². The van der Waals surface area contributed by atoms with Gasteiger partial charge in [0.1, 0.15) is 0 Å². The third-order valence-electron chi connectivity index (χ3n) is 4.85. The number of H-pyrrole nitrogens is 1. The SMILES string of the molecule is CNC(=O)N1CCCCC1.O=C(NCc1cc2ccc(Cl)cc2[nH]1)NC1CC1. The number of hydrogen-bond acceptors (Lipinski definition) is 2. The zero-order chi connectivity index (χ0) is 19.9. The van der Waals surface area contributed by atoms with Crippen molar-refractivity contribution >= 4 is 34.6 Å². The number of piperidine rings is 1. The molecule has 4 amide bonds. The number of carbonyl (C=O) groups is 2. The van der Waals surface area contributed by atoms with E-state index in [1.807, 2.05) is 29.2 Å². The number of rotatable bonds is 3. The fourth-order valence-corrected chi connectivity index (χ4v) is 3.32. The molecule has 0 unspecified atom stereocenters. The van der Waals surface area contributed by atoms with Gasteiger partial charge in [0.05, 0.1) is 6.54 Å². The predicted molar refractivity (Wildman–Crippen MR) is 112 cm³/mol. The largest absolute Gasteiger partial charge is 0.357 e. The average Bonchev–Trinajstić information content (AvgIpc) is 3.43. The Labute approximate surface area is 170 Å². The summed E-state index contributed by atoms with van der Waals surface area (Å²) in [5, 5.41) is 10.1. The molecule has 2 heterocycles. The van der Waals surface area contributed by atoms with Gasteiger partial charge < -0.3 is 25.8 Å². The van der Waals surface area contributed by atoms with Crippen LogP contribution in [0.3, 0.4) is 0 Å². The van der Waals surface area contributed by atoms with Crippen LogP contribution < -0.4 is 16.0 Å². The van der Waals surface area contributed by atoms with Crippen molar-refractivity contribution in [1.82, 2.24) is 25.8 Å². The van der Waals surface area contributed by atoms with Crippen LogP contribution in [0.5, 0.6) is 0 Å². The lowest BCUT2D eigenvalue weighted by Gasteiger charge is -2.25. The van der Waals surface area contributed by atoms with Crippen molar-refractivity contribution in [3.8, 4) is 0 Å². The molecule has 1 saturated carbocycles. The summed E-state index contributed by atoms with van der Waals surface area (Å²) in [5.41, 5.74) is 1.96. The lowest BCUT2D eigenvalue weighted by Crippen LogP contribution is -2.41. The Morgan fingerprint density at radius 2 is 1.93 bits per heavy atom. The van der Waals surface area contributed by atoms with Gasteiger partial charge in [-0.15, -0.1) is 0 Å². The van der Waals surface area contributed by atoms with Crippen LogP contribution in [-0.4, -0.2) is 48.1 Å². The molecule has 1 aromatic carbocycles. The van der Waals surface area contributed by atoms with E-state index >= 15 is 0 Å². The molecule has 0 bridgehead atoms. The summed E-state index contributed by atoms with van der Waals surface area (Å²) < 4.78 is 0. The van der Waals surface area contributed by atoms with Crippen LogP contribution in [0.25, 0.3) is 10.9 Å². The number of amides is 4. The van der Waals surface area contributed by atoms with Gasteiger partial charge in [0.2, 0.25) is 0 Å². The first-order chi connectivity index (χ1) is 13.5. The van der Waals surface area contributed by atoms with Crippen molar-refractivity contribution in [3.05, 3.63) is 35.0 Å². The topological polar surface area (TPSA) is 89.3 Å². The van der Waals surface area contributed by atoms with Crippen LogP contribution in [0, 0.1) is 0 Å². The number of benzene rings is 1. The second kappa shape index (κ2) is 9.68. The predicted octanol–water partition coefficient (Wildman–Crippen LogP) is 3.59. The highest BCUT2D eigenvalue weighted by molar-refractivity contribution is 6.31. The van der Waals surface area contributed by atoms with Gasteiger partial charge in [-0.2, -0.15) is 0 Å². The number of carbonyl (C=O) groups excluding carboxylic acids is 2. The van der Waals surface area contributed by atoms with Crippen molar-refractivity contribution in [2.24, 2.45) is 0 Å². The number of hydrogen-bond donors (Lipinski definition) is 4. The van der Waals surface area contributed by atoms with E-state index < -0.39 is 0 Å². The molecule has 0 radical (unpaired) electrons. The number of aromatic amines is 1. The van der Waals surface area contributed by atoms with E-state index in [0.29, 0.717) is 17.6 Å². The zero-order valence-corrected chi connectivity index (χ0v) is 16.9. The average molecular weight is 406 g/mol. The summed E-state index contributed by atoms with van der Waals surface area (Å²) in [6.45, 7) is 2.35. The Balaban J connectivity index is 0.000000192. The maximum absolute atomic E-state index is 11.5. The fourth-order valence-electron chi connectivity index (χ4n) is 3.15. The molecule has 2 aliphatic rings. The Morgan fingerprint density at radius 1 is 1.18 bits per heavy atom. The van der Waals surface area contributed by atoms with E-state index in [1.54, 1.807) is 7.05 Å². The van der Waals surface area contributed by atoms with Crippen molar-refractivity contribution in [2.75, 3.05) is 20.1 Å². The number of aromatic nitrogens is 1. The summed E-state index contributed by atoms with van der Waals surface area (Å²) in [6, 6.07) is 8.06. The molecule has 0 atom stereocenters. The van der Waals surface area contributed by atoms with Crippen LogP contribution in [-0.2, 0) is 6.54 Å². The third-order valence-corrected chi connectivity index (χ3v) is 5.08. The number of nitrogens with one attached hydrogen (secondary N) is 4. The first kappa shape index (κ1) is 20.3. The summed E-state index contributed by atoms with van der Waals surface area (Å²) in [6.07, 6.45) is 5.78. The van der Waals surface area contributed by atoms with Crippen LogP contribution in [0.2, 0.25) is 5.02 Å². The molecule has 1 aromatic heterocycles. The van der Waals surface area contributed by atoms with E-state index in [1.165, 1.54) is 6.42 Å². The molecule has 152 valence electrons. The summed E-state index contributed by atoms with van der Waals surface area (Å²) >= 11 is 5.92.